The molecule has 7 nitrogen and oxygen atoms in total. The summed E-state index contributed by atoms with van der Waals surface area (Å²) in [5.74, 6) is -1.14. The molecule has 5 atom stereocenters. The van der Waals surface area contributed by atoms with Crippen molar-refractivity contribution in [2.75, 3.05) is 5.32 Å². The third-order valence-electron chi connectivity index (χ3n) is 6.84. The van der Waals surface area contributed by atoms with Gasteiger partial charge in [0, 0.05) is 12.3 Å². The Hall–Kier alpha value is -2.87. The van der Waals surface area contributed by atoms with Gasteiger partial charge < -0.3 is 0 Å². The predicted molar refractivity (Wildman–Crippen MR) is 121 cm³/mol. The van der Waals surface area contributed by atoms with Crippen LogP contribution in [-0.4, -0.2) is 38.9 Å². The molecule has 3 amide bonds. The first-order valence-corrected chi connectivity index (χ1v) is 12.0. The summed E-state index contributed by atoms with van der Waals surface area (Å²) in [5, 5.41) is 12.2. The summed E-state index contributed by atoms with van der Waals surface area (Å²) in [6.07, 6.45) is 6.29. The van der Waals surface area contributed by atoms with Crippen LogP contribution in [0, 0.1) is 23.7 Å². The van der Waals surface area contributed by atoms with Crippen molar-refractivity contribution >= 4 is 34.2 Å². The van der Waals surface area contributed by atoms with Crippen LogP contribution in [0.2, 0.25) is 0 Å². The molecule has 6 rings (SSSR count). The summed E-state index contributed by atoms with van der Waals surface area (Å²) < 4.78 is 0. The lowest BCUT2D eigenvalue weighted by molar-refractivity contribution is -0.146. The summed E-state index contributed by atoms with van der Waals surface area (Å²) in [4.78, 5) is 41.7. The Morgan fingerprint density at radius 2 is 1.69 bits per heavy atom. The van der Waals surface area contributed by atoms with Gasteiger partial charge in [0.1, 0.15) is 11.0 Å². The molecule has 3 aliphatic carbocycles. The van der Waals surface area contributed by atoms with Crippen LogP contribution in [0.4, 0.5) is 5.13 Å². The number of fused-ring (bicyclic) bond motifs is 1. The van der Waals surface area contributed by atoms with Crippen LogP contribution in [0.15, 0.2) is 42.5 Å². The van der Waals surface area contributed by atoms with Gasteiger partial charge in [-0.3, -0.25) is 24.6 Å². The van der Waals surface area contributed by atoms with Gasteiger partial charge in [-0.15, -0.1) is 10.2 Å². The van der Waals surface area contributed by atoms with E-state index in [0.29, 0.717) is 5.13 Å². The van der Waals surface area contributed by atoms with Gasteiger partial charge in [-0.1, -0.05) is 67.7 Å². The van der Waals surface area contributed by atoms with Gasteiger partial charge in [0.15, 0.2) is 0 Å². The van der Waals surface area contributed by atoms with E-state index < -0.39 is 11.9 Å². The molecule has 2 bridgehead atoms. The SMILES string of the molecule is CC(C)c1nnc(NC(=O)[C@H](Cc2ccccc2)N2C(=O)[C@@H]3[C@H](C2=O)[C@H]2C=C[C@H]3CC2)s1. The van der Waals surface area contributed by atoms with Crippen LogP contribution in [0.1, 0.15) is 43.2 Å². The zero-order valence-electron chi connectivity index (χ0n) is 18.1. The molecule has 0 spiro atoms. The number of allylic oxidation sites excluding steroid dienone is 2. The predicted octanol–water partition coefficient (Wildman–Crippen LogP) is 3.41. The molecule has 8 heteroatoms. The first-order valence-electron chi connectivity index (χ1n) is 11.2. The van der Waals surface area contributed by atoms with Crippen LogP contribution >= 0.6 is 11.3 Å². The Kier molecular flexibility index (Phi) is 5.41. The highest BCUT2D eigenvalue weighted by Crippen LogP contribution is 2.50. The highest BCUT2D eigenvalue weighted by atomic mass is 32.1. The van der Waals surface area contributed by atoms with E-state index in [2.05, 4.69) is 27.7 Å². The molecule has 0 unspecified atom stereocenters. The van der Waals surface area contributed by atoms with E-state index in [1.165, 1.54) is 16.2 Å². The molecule has 32 heavy (non-hydrogen) atoms. The van der Waals surface area contributed by atoms with Crippen LogP contribution in [0.5, 0.6) is 0 Å². The van der Waals surface area contributed by atoms with E-state index in [1.54, 1.807) is 0 Å². The topological polar surface area (TPSA) is 92.3 Å². The molecule has 2 aromatic rings. The Morgan fingerprint density at radius 3 is 2.22 bits per heavy atom. The Morgan fingerprint density at radius 1 is 1.06 bits per heavy atom. The number of carbonyl (C=O) groups is 3. The van der Waals surface area contributed by atoms with Crippen molar-refractivity contribution in [2.45, 2.75) is 45.1 Å². The second kappa shape index (κ2) is 8.24. The molecule has 1 aromatic carbocycles. The van der Waals surface area contributed by atoms with Crippen molar-refractivity contribution in [3.63, 3.8) is 0 Å². The molecule has 1 N–H and O–H groups in total. The number of hydrogen-bond donors (Lipinski definition) is 1. The number of amides is 3. The molecule has 2 fully saturated rings. The summed E-state index contributed by atoms with van der Waals surface area (Å²) >= 11 is 1.32. The lowest BCUT2D eigenvalue weighted by Crippen LogP contribution is -2.49. The van der Waals surface area contributed by atoms with E-state index in [-0.39, 0.29) is 47.8 Å². The Balaban J connectivity index is 1.45. The van der Waals surface area contributed by atoms with Gasteiger partial charge in [-0.25, -0.2) is 0 Å². The number of imide groups is 1. The van der Waals surface area contributed by atoms with Crippen LogP contribution in [0.25, 0.3) is 0 Å². The minimum atomic E-state index is -0.922. The quantitative estimate of drug-likeness (QED) is 0.538. The zero-order valence-corrected chi connectivity index (χ0v) is 18.9. The molecule has 1 aromatic heterocycles. The van der Waals surface area contributed by atoms with Crippen LogP contribution in [-0.2, 0) is 20.8 Å². The fourth-order valence-corrected chi connectivity index (χ4v) is 6.00. The number of carbonyl (C=O) groups excluding carboxylic acids is 3. The van der Waals surface area contributed by atoms with Crippen molar-refractivity contribution in [1.29, 1.82) is 0 Å². The van der Waals surface area contributed by atoms with E-state index in [1.807, 2.05) is 44.2 Å². The molecular formula is C24H26N4O3S. The van der Waals surface area contributed by atoms with E-state index in [0.717, 1.165) is 23.4 Å². The maximum Gasteiger partial charge on any atom is 0.249 e. The number of rotatable bonds is 6. The van der Waals surface area contributed by atoms with Crippen molar-refractivity contribution < 1.29 is 14.4 Å². The highest BCUT2D eigenvalue weighted by molar-refractivity contribution is 7.15. The summed E-state index contributed by atoms with van der Waals surface area (Å²) in [7, 11) is 0. The van der Waals surface area contributed by atoms with Gasteiger partial charge in [-0.2, -0.15) is 0 Å². The fourth-order valence-electron chi connectivity index (χ4n) is 5.25. The summed E-state index contributed by atoms with van der Waals surface area (Å²) in [6.45, 7) is 4.02. The summed E-state index contributed by atoms with van der Waals surface area (Å²) in [6, 6.07) is 8.57. The van der Waals surface area contributed by atoms with Crippen molar-refractivity contribution in [3.05, 3.63) is 53.1 Å². The molecule has 0 radical (unpaired) electrons. The number of anilines is 1. The second-order valence-corrected chi connectivity index (χ2v) is 10.2. The molecule has 4 aliphatic rings. The third-order valence-corrected chi connectivity index (χ3v) is 7.98. The van der Waals surface area contributed by atoms with Crippen LogP contribution < -0.4 is 5.32 Å². The minimum Gasteiger partial charge on any atom is -0.299 e. The van der Waals surface area contributed by atoms with Gasteiger partial charge >= 0.3 is 0 Å². The Bertz CT molecular complexity index is 1050. The van der Waals surface area contributed by atoms with Crippen molar-refractivity contribution in [3.8, 4) is 0 Å². The molecule has 1 aliphatic heterocycles. The number of likely N-dealkylation sites (tertiary alicyclic amines) is 1. The first-order chi connectivity index (χ1) is 15.4. The van der Waals surface area contributed by atoms with Gasteiger partial charge in [-0.05, 0) is 30.2 Å². The molecule has 166 valence electrons. The fraction of sp³-hybridized carbons (Fsp3) is 0.458. The van der Waals surface area contributed by atoms with E-state index in [4.69, 9.17) is 0 Å². The Labute approximate surface area is 190 Å². The second-order valence-electron chi connectivity index (χ2n) is 9.18. The number of aromatic nitrogens is 2. The normalized spacial score (nSPS) is 27.2. The average molecular weight is 451 g/mol. The molecule has 1 saturated heterocycles. The largest absolute Gasteiger partial charge is 0.299 e. The lowest BCUT2D eigenvalue weighted by atomic mass is 9.63. The van der Waals surface area contributed by atoms with E-state index >= 15 is 0 Å². The standard InChI is InChI=1S/C24H26N4O3S/c1-13(2)21-26-27-24(32-21)25-20(29)17(12-14-6-4-3-5-7-14)28-22(30)18-15-8-9-16(11-10-15)19(18)23(28)31/h3-9,13,15-19H,10-12H2,1-2H3,(H,25,27,29)/t15-,16-,17-,18-,19+/m0/s1. The summed E-state index contributed by atoms with van der Waals surface area (Å²) in [5.41, 5.74) is 0.893. The average Bonchev–Trinajstić information content (AvgIpc) is 3.38. The van der Waals surface area contributed by atoms with Gasteiger partial charge in [0.25, 0.3) is 0 Å². The zero-order chi connectivity index (χ0) is 22.4. The maximum atomic E-state index is 13.5. The highest BCUT2D eigenvalue weighted by Gasteiger charge is 2.58. The number of benzene rings is 1. The number of nitrogens with zero attached hydrogens (tertiary/aromatic N) is 3. The molecule has 1 saturated carbocycles. The number of nitrogens with one attached hydrogen (secondary N) is 1. The lowest BCUT2D eigenvalue weighted by Gasteiger charge is -2.38. The number of hydrogen-bond acceptors (Lipinski definition) is 6. The first kappa shape index (κ1) is 21.0. The van der Waals surface area contributed by atoms with Crippen LogP contribution in [0.3, 0.4) is 0 Å². The smallest absolute Gasteiger partial charge is 0.249 e. The monoisotopic (exact) mass is 450 g/mol. The van der Waals surface area contributed by atoms with Crippen molar-refractivity contribution in [1.82, 2.24) is 15.1 Å². The maximum absolute atomic E-state index is 13.5. The van der Waals surface area contributed by atoms with Gasteiger partial charge in [0.2, 0.25) is 22.9 Å². The van der Waals surface area contributed by atoms with Gasteiger partial charge in [0.05, 0.1) is 11.8 Å². The minimum absolute atomic E-state index is 0.0867. The third kappa shape index (κ3) is 3.56. The molecule has 2 heterocycles. The molecular weight excluding hydrogens is 424 g/mol. The van der Waals surface area contributed by atoms with Crippen molar-refractivity contribution in [2.24, 2.45) is 23.7 Å². The van der Waals surface area contributed by atoms with E-state index in [9.17, 15) is 14.4 Å².